The summed E-state index contributed by atoms with van der Waals surface area (Å²) >= 11 is 0. The molecule has 0 aromatic heterocycles. The summed E-state index contributed by atoms with van der Waals surface area (Å²) in [5.74, 6) is -1.65. The smallest absolute Gasteiger partial charge is 0.430 e. The van der Waals surface area contributed by atoms with Crippen LogP contribution in [0.1, 0.15) is 16.7 Å². The highest BCUT2D eigenvalue weighted by Gasteiger charge is 2.48. The van der Waals surface area contributed by atoms with Crippen LogP contribution in [0.25, 0.3) is 6.08 Å². The van der Waals surface area contributed by atoms with E-state index in [1.165, 1.54) is 7.11 Å². The van der Waals surface area contributed by atoms with E-state index in [0.717, 1.165) is 11.6 Å². The van der Waals surface area contributed by atoms with Gasteiger partial charge in [-0.3, -0.25) is 0 Å². The number of aliphatic carboxylic acids is 1. The summed E-state index contributed by atoms with van der Waals surface area (Å²) in [5, 5.41) is 8.97. The van der Waals surface area contributed by atoms with Crippen molar-refractivity contribution in [1.82, 2.24) is 0 Å². The van der Waals surface area contributed by atoms with Crippen LogP contribution in [0.4, 0.5) is 13.2 Å². The van der Waals surface area contributed by atoms with Crippen molar-refractivity contribution in [2.75, 3.05) is 7.11 Å². The highest BCUT2D eigenvalue weighted by atomic mass is 19.4. The molecule has 1 aromatic rings. The maximum atomic E-state index is 13.0. The molecule has 0 spiro atoms. The third-order valence-electron chi connectivity index (χ3n) is 3.01. The largest absolute Gasteiger partial charge is 0.478 e. The Hall–Kier alpha value is -2.02. The fraction of sp³-hybridized carbons (Fsp3) is 0.357. The molecule has 21 heavy (non-hydrogen) atoms. The van der Waals surface area contributed by atoms with Crippen molar-refractivity contribution < 1.29 is 32.5 Å². The van der Waals surface area contributed by atoms with Gasteiger partial charge in [-0.15, -0.1) is 0 Å². The van der Waals surface area contributed by atoms with Crippen LogP contribution in [0, 0.1) is 6.92 Å². The first-order valence-corrected chi connectivity index (χ1v) is 6.04. The summed E-state index contributed by atoms with van der Waals surface area (Å²) in [6.45, 7) is 1.83. The predicted octanol–water partition coefficient (Wildman–Crippen LogP) is 2.93. The number of carboxylic acids is 1. The molecule has 1 unspecified atom stereocenters. The standard InChI is InChI=1S/C14H13F3O4/c1-7-3-8-5-10(13(18)19)12(14(15,16)17)21-11(8)9(4-7)6-20-2/h3-5,12H,6H2,1-2H3,(H,18,19). The molecule has 0 saturated carbocycles. The number of rotatable bonds is 3. The van der Waals surface area contributed by atoms with Crippen LogP contribution >= 0.6 is 0 Å². The predicted molar refractivity (Wildman–Crippen MR) is 68.0 cm³/mol. The lowest BCUT2D eigenvalue weighted by Gasteiger charge is -2.28. The molecule has 1 aliphatic rings. The van der Waals surface area contributed by atoms with Crippen molar-refractivity contribution in [1.29, 1.82) is 0 Å². The second-order valence-corrected chi connectivity index (χ2v) is 4.72. The van der Waals surface area contributed by atoms with E-state index in [0.29, 0.717) is 11.1 Å². The summed E-state index contributed by atoms with van der Waals surface area (Å²) in [7, 11) is 1.41. The van der Waals surface area contributed by atoms with E-state index in [9.17, 15) is 18.0 Å². The minimum absolute atomic E-state index is 0.00905. The van der Waals surface area contributed by atoms with Gasteiger partial charge in [0.15, 0.2) is 0 Å². The number of alkyl halides is 3. The lowest BCUT2D eigenvalue weighted by Crippen LogP contribution is -2.40. The molecule has 0 amide bonds. The van der Waals surface area contributed by atoms with Gasteiger partial charge in [-0.05, 0) is 24.6 Å². The highest BCUT2D eigenvalue weighted by molar-refractivity contribution is 5.95. The number of carbonyl (C=O) groups is 1. The van der Waals surface area contributed by atoms with Gasteiger partial charge < -0.3 is 14.6 Å². The molecule has 0 fully saturated rings. The molecular weight excluding hydrogens is 289 g/mol. The zero-order chi connectivity index (χ0) is 15.8. The molecular formula is C14H13F3O4. The molecule has 0 bridgehead atoms. The number of methoxy groups -OCH3 is 1. The Morgan fingerprint density at radius 3 is 2.62 bits per heavy atom. The molecule has 7 heteroatoms. The molecule has 1 aromatic carbocycles. The van der Waals surface area contributed by atoms with E-state index in [2.05, 4.69) is 0 Å². The SMILES string of the molecule is COCc1cc(C)cc2c1OC(C(F)(F)F)C(C(=O)O)=C2. The first kappa shape index (κ1) is 15.4. The summed E-state index contributed by atoms with van der Waals surface area (Å²) in [6.07, 6.45) is -6.29. The van der Waals surface area contributed by atoms with E-state index in [4.69, 9.17) is 14.6 Å². The second-order valence-electron chi connectivity index (χ2n) is 4.72. The third kappa shape index (κ3) is 3.02. The molecule has 0 aliphatic carbocycles. The average Bonchev–Trinajstić information content (AvgIpc) is 2.36. The van der Waals surface area contributed by atoms with Gasteiger partial charge in [0.2, 0.25) is 6.10 Å². The normalized spacial score (nSPS) is 17.8. The minimum Gasteiger partial charge on any atom is -0.478 e. The van der Waals surface area contributed by atoms with Crippen molar-refractivity contribution in [3.63, 3.8) is 0 Å². The van der Waals surface area contributed by atoms with Gasteiger partial charge in [0.05, 0.1) is 12.2 Å². The minimum atomic E-state index is -4.81. The molecule has 114 valence electrons. The number of fused-ring (bicyclic) bond motifs is 1. The molecule has 1 N–H and O–H groups in total. The Kier molecular flexibility index (Phi) is 3.95. The maximum Gasteiger partial charge on any atom is 0.430 e. The summed E-state index contributed by atoms with van der Waals surface area (Å²) in [4.78, 5) is 11.0. The Balaban J connectivity index is 2.60. The Labute approximate surface area is 118 Å². The van der Waals surface area contributed by atoms with Crippen molar-refractivity contribution in [2.45, 2.75) is 25.8 Å². The maximum absolute atomic E-state index is 13.0. The van der Waals surface area contributed by atoms with Gasteiger partial charge in [-0.25, -0.2) is 4.79 Å². The number of aryl methyl sites for hydroxylation is 1. The molecule has 1 heterocycles. The van der Waals surface area contributed by atoms with Crippen LogP contribution in [-0.4, -0.2) is 30.5 Å². The molecule has 4 nitrogen and oxygen atoms in total. The van der Waals surface area contributed by atoms with Crippen LogP contribution in [0.5, 0.6) is 5.75 Å². The Morgan fingerprint density at radius 1 is 1.43 bits per heavy atom. The van der Waals surface area contributed by atoms with Gasteiger partial charge in [0, 0.05) is 18.2 Å². The number of hydrogen-bond donors (Lipinski definition) is 1. The average molecular weight is 302 g/mol. The number of ether oxygens (including phenoxy) is 2. The topological polar surface area (TPSA) is 55.8 Å². The van der Waals surface area contributed by atoms with Crippen LogP contribution in [0.3, 0.4) is 0 Å². The lowest BCUT2D eigenvalue weighted by molar-refractivity contribution is -0.187. The van der Waals surface area contributed by atoms with Gasteiger partial charge >= 0.3 is 12.1 Å². The summed E-state index contributed by atoms with van der Waals surface area (Å²) < 4.78 is 48.8. The van der Waals surface area contributed by atoms with Crippen molar-refractivity contribution in [2.24, 2.45) is 0 Å². The zero-order valence-electron chi connectivity index (χ0n) is 11.3. The number of hydrogen-bond acceptors (Lipinski definition) is 3. The fourth-order valence-electron chi connectivity index (χ4n) is 2.23. The van der Waals surface area contributed by atoms with Gasteiger partial charge in [-0.2, -0.15) is 13.2 Å². The highest BCUT2D eigenvalue weighted by Crippen LogP contribution is 2.39. The van der Waals surface area contributed by atoms with E-state index >= 15 is 0 Å². The van der Waals surface area contributed by atoms with Crippen molar-refractivity contribution >= 4 is 12.0 Å². The van der Waals surface area contributed by atoms with Crippen LogP contribution in [-0.2, 0) is 16.1 Å². The zero-order valence-corrected chi connectivity index (χ0v) is 11.3. The Morgan fingerprint density at radius 2 is 2.10 bits per heavy atom. The van der Waals surface area contributed by atoms with Crippen molar-refractivity contribution in [3.8, 4) is 5.75 Å². The quantitative estimate of drug-likeness (QED) is 0.932. The molecule has 1 aliphatic heterocycles. The molecule has 0 saturated heterocycles. The third-order valence-corrected chi connectivity index (χ3v) is 3.01. The van der Waals surface area contributed by atoms with Gasteiger partial charge in [-0.1, -0.05) is 6.07 Å². The fourth-order valence-corrected chi connectivity index (χ4v) is 2.23. The summed E-state index contributed by atoms with van der Waals surface area (Å²) in [6, 6.07) is 3.22. The van der Waals surface area contributed by atoms with E-state index < -0.39 is 23.8 Å². The van der Waals surface area contributed by atoms with Gasteiger partial charge in [0.25, 0.3) is 0 Å². The first-order chi connectivity index (χ1) is 9.74. The summed E-state index contributed by atoms with van der Waals surface area (Å²) in [5.41, 5.74) is 0.696. The van der Waals surface area contributed by atoms with Crippen LogP contribution in [0.2, 0.25) is 0 Å². The monoisotopic (exact) mass is 302 g/mol. The van der Waals surface area contributed by atoms with E-state index in [1.54, 1.807) is 19.1 Å². The molecule has 1 atom stereocenters. The lowest BCUT2D eigenvalue weighted by atomic mass is 9.97. The Bertz CT molecular complexity index is 605. The number of halogens is 3. The first-order valence-electron chi connectivity index (χ1n) is 6.04. The molecule has 0 radical (unpaired) electrons. The number of carboxylic acid groups (broad SMARTS) is 1. The van der Waals surface area contributed by atoms with E-state index in [1.807, 2.05) is 0 Å². The van der Waals surface area contributed by atoms with Crippen LogP contribution in [0.15, 0.2) is 17.7 Å². The van der Waals surface area contributed by atoms with Crippen molar-refractivity contribution in [3.05, 3.63) is 34.4 Å². The number of benzene rings is 1. The van der Waals surface area contributed by atoms with Gasteiger partial charge in [0.1, 0.15) is 5.75 Å². The molecule has 2 rings (SSSR count). The second kappa shape index (κ2) is 5.40. The van der Waals surface area contributed by atoms with E-state index in [-0.39, 0.29) is 12.4 Å². The van der Waals surface area contributed by atoms with Crippen LogP contribution < -0.4 is 4.74 Å².